The van der Waals surface area contributed by atoms with Gasteiger partial charge in [-0.25, -0.2) is 5.01 Å². The third-order valence-corrected chi connectivity index (χ3v) is 8.55. The summed E-state index contributed by atoms with van der Waals surface area (Å²) in [6.07, 6.45) is 2.02. The number of carbonyl (C=O) groups is 2. The maximum absolute atomic E-state index is 13.9. The fraction of sp³-hybridized carbons (Fsp3) is 0.229. The molecule has 2 amide bonds. The van der Waals surface area contributed by atoms with Crippen LogP contribution in [-0.4, -0.2) is 56.8 Å². The van der Waals surface area contributed by atoms with Crippen LogP contribution >= 0.6 is 11.8 Å². The third-order valence-electron chi connectivity index (χ3n) is 7.63. The van der Waals surface area contributed by atoms with Crippen molar-refractivity contribution in [1.29, 1.82) is 0 Å². The van der Waals surface area contributed by atoms with Crippen molar-refractivity contribution in [3.63, 3.8) is 0 Å². The summed E-state index contributed by atoms with van der Waals surface area (Å²) in [6.45, 7) is 4.59. The molecule has 0 radical (unpaired) electrons. The number of thioether (sulfide) groups is 1. The Morgan fingerprint density at radius 2 is 1.72 bits per heavy atom. The molecule has 240 valence electrons. The molecule has 1 unspecified atom stereocenters. The Balaban J connectivity index is 1.25. The zero-order valence-corrected chi connectivity index (χ0v) is 27.1. The highest BCUT2D eigenvalue weighted by Crippen LogP contribution is 2.34. The van der Waals surface area contributed by atoms with Crippen LogP contribution in [0.4, 0.5) is 0 Å². The van der Waals surface area contributed by atoms with Gasteiger partial charge in [-0.3, -0.25) is 14.2 Å². The smallest absolute Gasteiger partial charge is 0.287 e. The van der Waals surface area contributed by atoms with Gasteiger partial charge in [-0.05, 0) is 85.6 Å². The standard InChI is InChI=1S/C35H34N6O5S/c1-4-45-28-17-13-26(14-18-28)40-32(21-36-34(43)31-6-5-19-46-31)37-38-35(40)47-22-33(42)41-30(25-9-7-23(2)8-10-25)20-29(39-41)24-11-15-27(44-3)16-12-24/h5-19,30H,4,20-22H2,1-3H3,(H,36,43). The first kappa shape index (κ1) is 31.6. The van der Waals surface area contributed by atoms with E-state index in [9.17, 15) is 9.59 Å². The quantitative estimate of drug-likeness (QED) is 0.164. The number of hydrazone groups is 1. The van der Waals surface area contributed by atoms with Crippen LogP contribution in [0.2, 0.25) is 0 Å². The molecule has 0 bridgehead atoms. The molecule has 0 saturated heterocycles. The topological polar surface area (TPSA) is 124 Å². The Hall–Kier alpha value is -5.36. The molecule has 0 saturated carbocycles. The minimum Gasteiger partial charge on any atom is -0.497 e. The Labute approximate surface area is 276 Å². The largest absolute Gasteiger partial charge is 0.497 e. The molecular weight excluding hydrogens is 616 g/mol. The first-order valence-electron chi connectivity index (χ1n) is 15.2. The summed E-state index contributed by atoms with van der Waals surface area (Å²) in [6, 6.07) is 26.3. The summed E-state index contributed by atoms with van der Waals surface area (Å²) < 4.78 is 18.0. The van der Waals surface area contributed by atoms with Crippen LogP contribution in [-0.2, 0) is 11.3 Å². The molecule has 47 heavy (non-hydrogen) atoms. The molecule has 0 fully saturated rings. The van der Waals surface area contributed by atoms with Crippen LogP contribution in [0.5, 0.6) is 11.5 Å². The lowest BCUT2D eigenvalue weighted by Gasteiger charge is -2.22. The van der Waals surface area contributed by atoms with E-state index in [-0.39, 0.29) is 35.9 Å². The number of aromatic nitrogens is 3. The second kappa shape index (κ2) is 14.4. The summed E-state index contributed by atoms with van der Waals surface area (Å²) in [5.41, 5.74) is 4.66. The second-order valence-corrected chi connectivity index (χ2v) is 11.7. The zero-order valence-electron chi connectivity index (χ0n) is 26.3. The first-order chi connectivity index (χ1) is 22.9. The van der Waals surface area contributed by atoms with Crippen molar-refractivity contribution in [2.75, 3.05) is 19.5 Å². The molecule has 11 nitrogen and oxygen atoms in total. The molecule has 3 heterocycles. The molecule has 0 spiro atoms. The molecule has 5 aromatic rings. The van der Waals surface area contributed by atoms with Crippen molar-refractivity contribution in [1.82, 2.24) is 25.1 Å². The highest BCUT2D eigenvalue weighted by Gasteiger charge is 2.33. The molecule has 1 aliphatic rings. The molecule has 12 heteroatoms. The maximum atomic E-state index is 13.9. The van der Waals surface area contributed by atoms with Gasteiger partial charge in [0.2, 0.25) is 0 Å². The van der Waals surface area contributed by atoms with E-state index in [0.29, 0.717) is 24.0 Å². The van der Waals surface area contributed by atoms with E-state index in [1.165, 1.54) is 18.0 Å². The fourth-order valence-electron chi connectivity index (χ4n) is 5.22. The number of aryl methyl sites for hydroxylation is 1. The number of nitrogens with zero attached hydrogens (tertiary/aromatic N) is 5. The van der Waals surface area contributed by atoms with E-state index in [1.54, 1.807) is 24.3 Å². The lowest BCUT2D eigenvalue weighted by Crippen LogP contribution is -2.28. The molecule has 1 N–H and O–H groups in total. The first-order valence-corrected chi connectivity index (χ1v) is 16.1. The van der Waals surface area contributed by atoms with Crippen LogP contribution in [0, 0.1) is 6.92 Å². The van der Waals surface area contributed by atoms with Gasteiger partial charge < -0.3 is 19.2 Å². The van der Waals surface area contributed by atoms with Gasteiger partial charge in [-0.1, -0.05) is 41.6 Å². The number of ether oxygens (including phenoxy) is 2. The average molecular weight is 651 g/mol. The van der Waals surface area contributed by atoms with Gasteiger partial charge in [0.25, 0.3) is 11.8 Å². The van der Waals surface area contributed by atoms with Crippen molar-refractivity contribution < 1.29 is 23.5 Å². The number of benzene rings is 3. The van der Waals surface area contributed by atoms with Crippen LogP contribution in [0.1, 0.15) is 52.5 Å². The van der Waals surface area contributed by atoms with Gasteiger partial charge in [-0.2, -0.15) is 5.10 Å². The van der Waals surface area contributed by atoms with Crippen molar-refractivity contribution >= 4 is 29.3 Å². The van der Waals surface area contributed by atoms with Crippen molar-refractivity contribution in [2.24, 2.45) is 5.10 Å². The zero-order chi connectivity index (χ0) is 32.8. The molecule has 3 aromatic carbocycles. The Morgan fingerprint density at radius 3 is 2.40 bits per heavy atom. The van der Waals surface area contributed by atoms with Crippen LogP contribution in [0.3, 0.4) is 0 Å². The minimum absolute atomic E-state index is 0.0651. The molecule has 0 aliphatic carbocycles. The number of furan rings is 1. The van der Waals surface area contributed by atoms with Gasteiger partial charge >= 0.3 is 0 Å². The van der Waals surface area contributed by atoms with Gasteiger partial charge in [-0.15, -0.1) is 10.2 Å². The van der Waals surface area contributed by atoms with E-state index >= 15 is 0 Å². The van der Waals surface area contributed by atoms with Crippen molar-refractivity contribution in [3.05, 3.63) is 119 Å². The summed E-state index contributed by atoms with van der Waals surface area (Å²) >= 11 is 1.26. The molecule has 1 aliphatic heterocycles. The number of amides is 2. The van der Waals surface area contributed by atoms with Gasteiger partial charge in [0.15, 0.2) is 16.7 Å². The molecule has 2 aromatic heterocycles. The number of carbonyl (C=O) groups excluding carboxylic acids is 2. The number of hydrogen-bond acceptors (Lipinski definition) is 9. The van der Waals surface area contributed by atoms with Crippen molar-refractivity contribution in [2.45, 2.75) is 38.0 Å². The summed E-state index contributed by atoms with van der Waals surface area (Å²) in [4.78, 5) is 26.5. The van der Waals surface area contributed by atoms with Crippen molar-refractivity contribution in [3.8, 4) is 17.2 Å². The Kier molecular flexibility index (Phi) is 9.67. The molecular formula is C35H34N6O5S. The summed E-state index contributed by atoms with van der Waals surface area (Å²) in [5, 5.41) is 18.5. The lowest BCUT2D eigenvalue weighted by molar-refractivity contribution is -0.130. The summed E-state index contributed by atoms with van der Waals surface area (Å²) in [5.74, 6) is 1.69. The monoisotopic (exact) mass is 650 g/mol. The predicted molar refractivity (Wildman–Crippen MR) is 178 cm³/mol. The van der Waals surface area contributed by atoms with Crippen LogP contribution in [0.15, 0.2) is 106 Å². The van der Waals surface area contributed by atoms with Gasteiger partial charge in [0.1, 0.15) is 11.5 Å². The van der Waals surface area contributed by atoms with E-state index in [0.717, 1.165) is 39.6 Å². The fourth-order valence-corrected chi connectivity index (χ4v) is 6.04. The van der Waals surface area contributed by atoms with E-state index in [4.69, 9.17) is 19.0 Å². The Bertz CT molecular complexity index is 1850. The van der Waals surface area contributed by atoms with E-state index in [1.807, 2.05) is 91.2 Å². The lowest BCUT2D eigenvalue weighted by atomic mass is 9.97. The van der Waals surface area contributed by atoms with E-state index < -0.39 is 0 Å². The number of hydrogen-bond donors (Lipinski definition) is 1. The summed E-state index contributed by atoms with van der Waals surface area (Å²) in [7, 11) is 1.63. The van der Waals surface area contributed by atoms with Gasteiger partial charge in [0, 0.05) is 12.1 Å². The maximum Gasteiger partial charge on any atom is 0.287 e. The molecule has 6 rings (SSSR count). The second-order valence-electron chi connectivity index (χ2n) is 10.8. The highest BCUT2D eigenvalue weighted by atomic mass is 32.2. The third kappa shape index (κ3) is 7.23. The average Bonchev–Trinajstić information content (AvgIpc) is 3.88. The number of methoxy groups -OCH3 is 1. The minimum atomic E-state index is -0.373. The normalized spacial score (nSPS) is 14.1. The number of nitrogens with one attached hydrogen (secondary N) is 1. The highest BCUT2D eigenvalue weighted by molar-refractivity contribution is 7.99. The van der Waals surface area contributed by atoms with Gasteiger partial charge in [0.05, 0.1) is 44.0 Å². The van der Waals surface area contributed by atoms with E-state index in [2.05, 4.69) is 15.5 Å². The number of rotatable bonds is 12. The van der Waals surface area contributed by atoms with Crippen LogP contribution in [0.25, 0.3) is 5.69 Å². The van der Waals surface area contributed by atoms with Crippen LogP contribution < -0.4 is 14.8 Å². The molecule has 1 atom stereocenters. The SMILES string of the molecule is CCOc1ccc(-n2c(CNC(=O)c3ccco3)nnc2SCC(=O)N2N=C(c3ccc(OC)cc3)CC2c2ccc(C)cc2)cc1. The Morgan fingerprint density at radius 1 is 0.979 bits per heavy atom. The predicted octanol–water partition coefficient (Wildman–Crippen LogP) is 5.98.